The van der Waals surface area contributed by atoms with Crippen LogP contribution in [0.1, 0.15) is 33.5 Å². The number of carboxylic acid groups (broad SMARTS) is 1. The first-order chi connectivity index (χ1) is 15.4. The Morgan fingerprint density at radius 1 is 1.36 bits per heavy atom. The van der Waals surface area contributed by atoms with Crippen molar-refractivity contribution in [2.24, 2.45) is 5.16 Å². The third-order valence-corrected chi connectivity index (χ3v) is 6.28. The number of carbonyl (C=O) groups excluding carboxylic acids is 3. The Labute approximate surface area is 196 Å². The zero-order valence-corrected chi connectivity index (χ0v) is 19.7. The number of nitrogens with one attached hydrogen (secondary N) is 1. The third kappa shape index (κ3) is 5.60. The number of β-lactam (4-membered cyclic amide) rings is 1. The number of oxime groups is 1. The number of aliphatic carboxylic acids is 1. The molecule has 1 aromatic heterocycles. The van der Waals surface area contributed by atoms with Gasteiger partial charge in [-0.2, -0.15) is 9.36 Å². The van der Waals surface area contributed by atoms with Crippen molar-refractivity contribution in [3.63, 3.8) is 0 Å². The Morgan fingerprint density at radius 2 is 2.06 bits per heavy atom. The van der Waals surface area contributed by atoms with Gasteiger partial charge in [0.1, 0.15) is 17.0 Å². The lowest BCUT2D eigenvalue weighted by molar-refractivity contribution is -0.160. The van der Waals surface area contributed by atoms with Crippen LogP contribution in [-0.4, -0.2) is 77.7 Å². The first kappa shape index (κ1) is 24.4. The van der Waals surface area contributed by atoms with E-state index in [9.17, 15) is 24.3 Å². The summed E-state index contributed by atoms with van der Waals surface area (Å²) in [7, 11) is 0. The van der Waals surface area contributed by atoms with Gasteiger partial charge < -0.3 is 30.6 Å². The number of carbonyl (C=O) groups is 4. The molecule has 3 atom stereocenters. The maximum Gasteiger partial charge on any atom is 0.347 e. The summed E-state index contributed by atoms with van der Waals surface area (Å²) >= 11 is 2.05. The largest absolute Gasteiger partial charge is 0.478 e. The number of nitrogens with two attached hydrogens (primary N) is 1. The fourth-order valence-electron chi connectivity index (χ4n) is 2.91. The van der Waals surface area contributed by atoms with E-state index in [1.165, 1.54) is 22.9 Å². The average molecular weight is 499 g/mol. The number of rotatable bonds is 7. The lowest BCUT2D eigenvalue weighted by atomic mass is 10.1. The summed E-state index contributed by atoms with van der Waals surface area (Å²) in [6.45, 7) is 6.19. The molecular formula is C18H22N6O7S2. The first-order valence-corrected chi connectivity index (χ1v) is 11.3. The van der Waals surface area contributed by atoms with E-state index in [4.69, 9.17) is 15.3 Å². The van der Waals surface area contributed by atoms with Gasteiger partial charge >= 0.3 is 11.9 Å². The molecule has 2 unspecified atom stereocenters. The number of anilines is 1. The molecule has 0 spiro atoms. The number of fused-ring (bicyclic) bond motifs is 1. The highest BCUT2D eigenvalue weighted by atomic mass is 32.2. The molecule has 2 aliphatic heterocycles. The Bertz CT molecular complexity index is 1050. The molecule has 2 aliphatic rings. The number of carboxylic acids is 1. The van der Waals surface area contributed by atoms with Crippen LogP contribution in [0.2, 0.25) is 0 Å². The predicted octanol–water partition coefficient (Wildman–Crippen LogP) is -0.0604. The van der Waals surface area contributed by atoms with E-state index in [1.807, 2.05) is 0 Å². The molecule has 3 heterocycles. The van der Waals surface area contributed by atoms with Gasteiger partial charge in [-0.25, -0.2) is 9.59 Å². The van der Waals surface area contributed by atoms with Gasteiger partial charge in [0.05, 0.1) is 5.57 Å². The molecular weight excluding hydrogens is 476 g/mol. The lowest BCUT2D eigenvalue weighted by Crippen LogP contribution is -2.69. The SMILES string of the molecule is CC1S[C@@H]2C(NC(=O)C(=NOCC(=O)OC(C)(C)C)c3nsc(N)n3)C(=O)N2C=C1C(=O)O. The van der Waals surface area contributed by atoms with Crippen molar-refractivity contribution in [2.75, 3.05) is 12.3 Å². The molecule has 3 rings (SSSR count). The van der Waals surface area contributed by atoms with Crippen LogP contribution < -0.4 is 11.1 Å². The number of nitrogens with zero attached hydrogens (tertiary/aromatic N) is 4. The molecule has 1 aromatic rings. The van der Waals surface area contributed by atoms with E-state index in [0.717, 1.165) is 11.5 Å². The van der Waals surface area contributed by atoms with Gasteiger partial charge in [-0.15, -0.1) is 11.8 Å². The maximum absolute atomic E-state index is 12.9. The molecule has 0 saturated carbocycles. The summed E-state index contributed by atoms with van der Waals surface area (Å²) in [6, 6.07) is -0.927. The van der Waals surface area contributed by atoms with E-state index >= 15 is 0 Å². The minimum absolute atomic E-state index is 0.0755. The van der Waals surface area contributed by atoms with Crippen LogP contribution >= 0.6 is 23.3 Å². The molecule has 4 N–H and O–H groups in total. The monoisotopic (exact) mass is 498 g/mol. The molecule has 178 valence electrons. The number of esters is 1. The molecule has 13 nitrogen and oxygen atoms in total. The van der Waals surface area contributed by atoms with Crippen molar-refractivity contribution >= 4 is 57.9 Å². The Kier molecular flexibility index (Phi) is 6.92. The second-order valence-electron chi connectivity index (χ2n) is 8.01. The average Bonchev–Trinajstić information content (AvgIpc) is 3.13. The molecule has 1 saturated heterocycles. The zero-order valence-electron chi connectivity index (χ0n) is 18.1. The minimum atomic E-state index is -1.11. The van der Waals surface area contributed by atoms with E-state index in [1.54, 1.807) is 27.7 Å². The van der Waals surface area contributed by atoms with Gasteiger partial charge in [0.25, 0.3) is 11.8 Å². The van der Waals surface area contributed by atoms with Crippen molar-refractivity contribution < 1.29 is 33.9 Å². The molecule has 0 aliphatic carbocycles. The van der Waals surface area contributed by atoms with Crippen LogP contribution in [0, 0.1) is 0 Å². The quantitative estimate of drug-likeness (QED) is 0.198. The number of amides is 2. The number of aromatic nitrogens is 2. The fourth-order valence-corrected chi connectivity index (χ4v) is 4.71. The van der Waals surface area contributed by atoms with Crippen LogP contribution in [0.3, 0.4) is 0 Å². The molecule has 2 amide bonds. The van der Waals surface area contributed by atoms with E-state index < -0.39 is 47.4 Å². The smallest absolute Gasteiger partial charge is 0.347 e. The first-order valence-electron chi connectivity index (χ1n) is 9.62. The Balaban J connectivity index is 1.72. The van der Waals surface area contributed by atoms with Gasteiger partial charge in [-0.1, -0.05) is 5.16 Å². The number of thioether (sulfide) groups is 1. The summed E-state index contributed by atoms with van der Waals surface area (Å²) in [4.78, 5) is 58.6. The van der Waals surface area contributed by atoms with Crippen LogP contribution in [0.15, 0.2) is 16.9 Å². The summed E-state index contributed by atoms with van der Waals surface area (Å²) in [5, 5.41) is 14.7. The van der Waals surface area contributed by atoms with Gasteiger partial charge in [-0.3, -0.25) is 9.59 Å². The molecule has 33 heavy (non-hydrogen) atoms. The van der Waals surface area contributed by atoms with Crippen molar-refractivity contribution in [3.05, 3.63) is 17.6 Å². The van der Waals surface area contributed by atoms with Gasteiger partial charge in [0.2, 0.25) is 18.1 Å². The number of hydrogen-bond acceptors (Lipinski definition) is 12. The number of hydrogen-bond donors (Lipinski definition) is 3. The van der Waals surface area contributed by atoms with Gasteiger partial charge in [-0.05, 0) is 27.7 Å². The van der Waals surface area contributed by atoms with Crippen molar-refractivity contribution in [1.82, 2.24) is 19.6 Å². The third-order valence-electron chi connectivity index (χ3n) is 4.30. The van der Waals surface area contributed by atoms with Crippen LogP contribution in [0.25, 0.3) is 0 Å². The van der Waals surface area contributed by atoms with E-state index in [0.29, 0.717) is 0 Å². The maximum atomic E-state index is 12.9. The summed E-state index contributed by atoms with van der Waals surface area (Å²) in [5.74, 6) is -3.25. The predicted molar refractivity (Wildman–Crippen MR) is 118 cm³/mol. The topological polar surface area (TPSA) is 186 Å². The highest BCUT2D eigenvalue weighted by molar-refractivity contribution is 8.00. The number of nitrogen functional groups attached to an aromatic ring is 1. The summed E-state index contributed by atoms with van der Waals surface area (Å²) < 4.78 is 9.04. The lowest BCUT2D eigenvalue weighted by Gasteiger charge is -2.48. The molecule has 0 radical (unpaired) electrons. The van der Waals surface area contributed by atoms with Crippen molar-refractivity contribution in [3.8, 4) is 0 Å². The van der Waals surface area contributed by atoms with Crippen molar-refractivity contribution in [1.29, 1.82) is 0 Å². The fraction of sp³-hybridized carbons (Fsp3) is 0.500. The van der Waals surface area contributed by atoms with Gasteiger partial charge in [0.15, 0.2) is 5.13 Å². The van der Waals surface area contributed by atoms with Gasteiger partial charge in [0, 0.05) is 23.0 Å². The number of ether oxygens (including phenoxy) is 1. The van der Waals surface area contributed by atoms with Crippen molar-refractivity contribution in [2.45, 2.75) is 50.0 Å². The molecule has 1 fully saturated rings. The van der Waals surface area contributed by atoms with Crippen LogP contribution in [0.4, 0.5) is 5.13 Å². The normalized spacial score (nSPS) is 22.6. The Hall–Kier alpha value is -3.20. The zero-order chi connectivity index (χ0) is 24.5. The standard InChI is InChI=1S/C18H22N6O7S2/c1-7-8(16(28)29)5-24-14(27)11(15(24)32-7)20-13(26)10(12-21-17(19)33-23-12)22-30-6-9(25)31-18(2,3)4/h5,7,11,15H,6H2,1-4H3,(H,20,26)(H,28,29)(H2,19,21,23)/t7?,11?,15-/m1/s1. The molecule has 15 heteroatoms. The highest BCUT2D eigenvalue weighted by Crippen LogP contribution is 2.40. The second kappa shape index (κ2) is 9.35. The Morgan fingerprint density at radius 3 is 2.64 bits per heavy atom. The van der Waals surface area contributed by atoms with E-state index in [2.05, 4.69) is 19.8 Å². The van der Waals surface area contributed by atoms with Crippen LogP contribution in [0.5, 0.6) is 0 Å². The molecule has 0 aromatic carbocycles. The summed E-state index contributed by atoms with van der Waals surface area (Å²) in [6.07, 6.45) is 1.28. The van der Waals surface area contributed by atoms with Crippen LogP contribution in [-0.2, 0) is 28.8 Å². The molecule has 0 bridgehead atoms. The van der Waals surface area contributed by atoms with E-state index in [-0.39, 0.29) is 27.5 Å². The highest BCUT2D eigenvalue weighted by Gasteiger charge is 2.52. The minimum Gasteiger partial charge on any atom is -0.478 e. The second-order valence-corrected chi connectivity index (χ2v) is 10.3. The summed E-state index contributed by atoms with van der Waals surface area (Å²) in [5.41, 5.74) is 4.57.